The van der Waals surface area contributed by atoms with Crippen LogP contribution in [0.15, 0.2) is 30.3 Å². The lowest BCUT2D eigenvalue weighted by molar-refractivity contribution is 0.0586. The lowest BCUT2D eigenvalue weighted by atomic mass is 10.1. The van der Waals surface area contributed by atoms with Crippen molar-refractivity contribution in [1.29, 1.82) is 0 Å². The highest BCUT2D eigenvalue weighted by atomic mass is 16.5. The summed E-state index contributed by atoms with van der Waals surface area (Å²) in [5.74, 6) is 0.151. The summed E-state index contributed by atoms with van der Waals surface area (Å²) in [4.78, 5) is 19.7. The molecule has 110 valence electrons. The monoisotopic (exact) mass is 285 g/mol. The highest BCUT2D eigenvalue weighted by Gasteiger charge is 2.11. The molecule has 21 heavy (non-hydrogen) atoms. The van der Waals surface area contributed by atoms with Gasteiger partial charge in [0.1, 0.15) is 5.82 Å². The minimum Gasteiger partial charge on any atom is -0.463 e. The Bertz CT molecular complexity index is 624. The Labute approximate surface area is 124 Å². The second-order valence-electron chi connectivity index (χ2n) is 4.73. The van der Waals surface area contributed by atoms with Crippen LogP contribution in [0.1, 0.15) is 34.4 Å². The van der Waals surface area contributed by atoms with Gasteiger partial charge in [0.05, 0.1) is 7.11 Å². The third-order valence-electron chi connectivity index (χ3n) is 3.13. The van der Waals surface area contributed by atoms with Crippen molar-refractivity contribution in [2.75, 3.05) is 12.4 Å². The van der Waals surface area contributed by atoms with Gasteiger partial charge in [-0.2, -0.15) is 0 Å². The van der Waals surface area contributed by atoms with Crippen molar-refractivity contribution < 1.29 is 9.53 Å². The van der Waals surface area contributed by atoms with Gasteiger partial charge in [-0.1, -0.05) is 31.2 Å². The standard InChI is InChI=1S/C16H19N3O2/c1-4-12-5-7-13(8-6-12)10-17-14-9-11(2)18-15(19-14)16(20)21-3/h5-9H,4,10H2,1-3H3,(H,17,18,19). The van der Waals surface area contributed by atoms with E-state index in [2.05, 4.69) is 51.2 Å². The highest BCUT2D eigenvalue weighted by molar-refractivity contribution is 5.85. The molecule has 0 fully saturated rings. The summed E-state index contributed by atoms with van der Waals surface area (Å²) in [6.45, 7) is 4.58. The summed E-state index contributed by atoms with van der Waals surface area (Å²) in [7, 11) is 1.32. The number of benzene rings is 1. The molecule has 0 atom stereocenters. The Hall–Kier alpha value is -2.43. The first-order chi connectivity index (χ1) is 10.1. The van der Waals surface area contributed by atoms with Gasteiger partial charge in [-0.3, -0.25) is 0 Å². The van der Waals surface area contributed by atoms with E-state index in [-0.39, 0.29) is 5.82 Å². The Kier molecular flexibility index (Phi) is 4.87. The van der Waals surface area contributed by atoms with Gasteiger partial charge in [0.25, 0.3) is 0 Å². The smallest absolute Gasteiger partial charge is 0.376 e. The molecule has 1 aromatic carbocycles. The Morgan fingerprint density at radius 2 is 1.86 bits per heavy atom. The summed E-state index contributed by atoms with van der Waals surface area (Å²) in [6.07, 6.45) is 1.03. The first-order valence-corrected chi connectivity index (χ1v) is 6.88. The molecule has 0 aliphatic carbocycles. The quantitative estimate of drug-likeness (QED) is 0.856. The van der Waals surface area contributed by atoms with Crippen molar-refractivity contribution in [1.82, 2.24) is 9.97 Å². The minimum absolute atomic E-state index is 0.0707. The molecule has 0 unspecified atom stereocenters. The zero-order valence-corrected chi connectivity index (χ0v) is 12.5. The maximum absolute atomic E-state index is 11.5. The molecular formula is C16H19N3O2. The summed E-state index contributed by atoms with van der Waals surface area (Å²) < 4.78 is 4.64. The van der Waals surface area contributed by atoms with Gasteiger partial charge >= 0.3 is 5.97 Å². The van der Waals surface area contributed by atoms with Gasteiger partial charge in [0, 0.05) is 18.3 Å². The van der Waals surface area contributed by atoms with Crippen LogP contribution in [0.4, 0.5) is 5.82 Å². The van der Waals surface area contributed by atoms with Crippen LogP contribution in [-0.2, 0) is 17.7 Å². The number of carbonyl (C=O) groups is 1. The zero-order valence-electron chi connectivity index (χ0n) is 12.5. The molecule has 2 rings (SSSR count). The molecule has 0 amide bonds. The number of aryl methyl sites for hydroxylation is 2. The van der Waals surface area contributed by atoms with Crippen LogP contribution in [0.3, 0.4) is 0 Å². The van der Waals surface area contributed by atoms with Crippen LogP contribution in [0.2, 0.25) is 0 Å². The van der Waals surface area contributed by atoms with Gasteiger partial charge in [0.2, 0.25) is 5.82 Å². The summed E-state index contributed by atoms with van der Waals surface area (Å²) in [6, 6.07) is 10.2. The average Bonchev–Trinajstić information content (AvgIpc) is 2.52. The number of rotatable bonds is 5. The minimum atomic E-state index is -0.533. The first kappa shape index (κ1) is 15.0. The average molecular weight is 285 g/mol. The van der Waals surface area contributed by atoms with E-state index in [4.69, 9.17) is 0 Å². The van der Waals surface area contributed by atoms with Gasteiger partial charge < -0.3 is 10.1 Å². The van der Waals surface area contributed by atoms with E-state index in [1.165, 1.54) is 12.7 Å². The Morgan fingerprint density at radius 1 is 1.19 bits per heavy atom. The fourth-order valence-electron chi connectivity index (χ4n) is 1.93. The predicted molar refractivity (Wildman–Crippen MR) is 81.3 cm³/mol. The first-order valence-electron chi connectivity index (χ1n) is 6.88. The van der Waals surface area contributed by atoms with Crippen LogP contribution >= 0.6 is 0 Å². The molecule has 5 nitrogen and oxygen atoms in total. The van der Waals surface area contributed by atoms with Crippen molar-refractivity contribution in [3.05, 3.63) is 53.0 Å². The number of hydrogen-bond donors (Lipinski definition) is 1. The van der Waals surface area contributed by atoms with E-state index < -0.39 is 5.97 Å². The lowest BCUT2D eigenvalue weighted by Gasteiger charge is -2.08. The molecule has 0 radical (unpaired) electrons. The van der Waals surface area contributed by atoms with E-state index in [0.29, 0.717) is 18.1 Å². The predicted octanol–water partition coefficient (Wildman–Crippen LogP) is 2.75. The molecular weight excluding hydrogens is 266 g/mol. The summed E-state index contributed by atoms with van der Waals surface area (Å²) in [5.41, 5.74) is 3.18. The molecule has 0 saturated carbocycles. The molecule has 0 saturated heterocycles. The topological polar surface area (TPSA) is 64.1 Å². The molecule has 0 aliphatic rings. The largest absolute Gasteiger partial charge is 0.463 e. The fourth-order valence-corrected chi connectivity index (χ4v) is 1.93. The third kappa shape index (κ3) is 4.02. The summed E-state index contributed by atoms with van der Waals surface area (Å²) >= 11 is 0. The number of carbonyl (C=O) groups excluding carboxylic acids is 1. The summed E-state index contributed by atoms with van der Waals surface area (Å²) in [5, 5.41) is 3.20. The number of hydrogen-bond acceptors (Lipinski definition) is 5. The normalized spacial score (nSPS) is 10.2. The SMILES string of the molecule is CCc1ccc(CNc2cc(C)nc(C(=O)OC)n2)cc1. The van der Waals surface area contributed by atoms with Gasteiger partial charge in [-0.05, 0) is 24.5 Å². The van der Waals surface area contributed by atoms with Crippen molar-refractivity contribution in [3.8, 4) is 0 Å². The molecule has 1 heterocycles. The highest BCUT2D eigenvalue weighted by Crippen LogP contribution is 2.10. The van der Waals surface area contributed by atoms with Crippen LogP contribution in [-0.4, -0.2) is 23.0 Å². The van der Waals surface area contributed by atoms with Crippen molar-refractivity contribution in [2.45, 2.75) is 26.8 Å². The maximum Gasteiger partial charge on any atom is 0.376 e. The Balaban J connectivity index is 2.08. The van der Waals surface area contributed by atoms with Gasteiger partial charge in [-0.25, -0.2) is 14.8 Å². The molecule has 1 N–H and O–H groups in total. The lowest BCUT2D eigenvalue weighted by Crippen LogP contribution is -2.11. The van der Waals surface area contributed by atoms with Crippen LogP contribution in [0.5, 0.6) is 0 Å². The second kappa shape index (κ2) is 6.83. The zero-order chi connectivity index (χ0) is 15.2. The van der Waals surface area contributed by atoms with Crippen LogP contribution < -0.4 is 5.32 Å². The van der Waals surface area contributed by atoms with E-state index in [0.717, 1.165) is 12.0 Å². The third-order valence-corrected chi connectivity index (χ3v) is 3.13. The molecule has 5 heteroatoms. The van der Waals surface area contributed by atoms with E-state index in [9.17, 15) is 4.79 Å². The molecule has 0 spiro atoms. The molecule has 0 bridgehead atoms. The van der Waals surface area contributed by atoms with Crippen molar-refractivity contribution >= 4 is 11.8 Å². The molecule has 1 aromatic heterocycles. The number of ether oxygens (including phenoxy) is 1. The van der Waals surface area contributed by atoms with Gasteiger partial charge in [-0.15, -0.1) is 0 Å². The number of methoxy groups -OCH3 is 1. The number of anilines is 1. The maximum atomic E-state index is 11.5. The van der Waals surface area contributed by atoms with Gasteiger partial charge in [0.15, 0.2) is 0 Å². The number of nitrogens with one attached hydrogen (secondary N) is 1. The fraction of sp³-hybridized carbons (Fsp3) is 0.312. The van der Waals surface area contributed by atoms with E-state index >= 15 is 0 Å². The second-order valence-corrected chi connectivity index (χ2v) is 4.73. The van der Waals surface area contributed by atoms with E-state index in [1.54, 1.807) is 6.07 Å². The Morgan fingerprint density at radius 3 is 2.48 bits per heavy atom. The number of nitrogens with zero attached hydrogens (tertiary/aromatic N) is 2. The van der Waals surface area contributed by atoms with Crippen LogP contribution in [0.25, 0.3) is 0 Å². The van der Waals surface area contributed by atoms with Crippen molar-refractivity contribution in [2.24, 2.45) is 0 Å². The number of esters is 1. The van der Waals surface area contributed by atoms with Crippen LogP contribution in [0, 0.1) is 6.92 Å². The van der Waals surface area contributed by atoms with Crippen molar-refractivity contribution in [3.63, 3.8) is 0 Å². The molecule has 2 aromatic rings. The number of aromatic nitrogens is 2. The molecule has 0 aliphatic heterocycles. The van der Waals surface area contributed by atoms with E-state index in [1.807, 2.05) is 6.92 Å².